The smallest absolute Gasteiger partial charge is 0.255 e. The van der Waals surface area contributed by atoms with E-state index in [1.807, 2.05) is 55.8 Å². The second-order valence-electron chi connectivity index (χ2n) is 12.3. The molecule has 7 nitrogen and oxygen atoms in total. The van der Waals surface area contributed by atoms with Crippen LogP contribution in [0.1, 0.15) is 74.9 Å². The van der Waals surface area contributed by atoms with E-state index in [0.717, 1.165) is 44.6 Å². The zero-order valence-corrected chi connectivity index (χ0v) is 28.8. The van der Waals surface area contributed by atoms with Gasteiger partial charge in [-0.3, -0.25) is 4.79 Å². The number of aryl methyl sites for hydroxylation is 2. The Hall–Kier alpha value is -3.56. The van der Waals surface area contributed by atoms with Crippen molar-refractivity contribution in [2.24, 2.45) is 0 Å². The van der Waals surface area contributed by atoms with Crippen molar-refractivity contribution in [2.45, 2.75) is 78.1 Å². The molecule has 230 valence electrons. The fourth-order valence-corrected chi connectivity index (χ4v) is 6.30. The zero-order chi connectivity index (χ0) is 31.6. The molecule has 0 radical (unpaired) electrons. The summed E-state index contributed by atoms with van der Waals surface area (Å²) >= 11 is 5.27. The Morgan fingerprint density at radius 2 is 1.82 bits per heavy atom. The number of hydrogen-bond acceptors (Lipinski definition) is 6. The Bertz CT molecular complexity index is 1710. The van der Waals surface area contributed by atoms with E-state index in [1.54, 1.807) is 11.8 Å². The van der Waals surface area contributed by atoms with Gasteiger partial charge in [-0.15, -0.1) is 5.10 Å². The summed E-state index contributed by atoms with van der Waals surface area (Å²) in [5, 5.41) is 12.1. The molecule has 1 unspecified atom stereocenters. The zero-order valence-electron chi connectivity index (χ0n) is 26.4. The molecule has 3 aromatic carbocycles. The molecule has 4 aromatic rings. The van der Waals surface area contributed by atoms with E-state index >= 15 is 0 Å². The van der Waals surface area contributed by atoms with E-state index < -0.39 is 6.04 Å². The quantitative estimate of drug-likeness (QED) is 0.173. The third kappa shape index (κ3) is 7.05. The van der Waals surface area contributed by atoms with Crippen molar-refractivity contribution in [3.05, 3.63) is 104 Å². The molecule has 1 atom stereocenters. The van der Waals surface area contributed by atoms with Crippen LogP contribution in [0.4, 0.5) is 11.6 Å². The number of amides is 1. The SMILES string of the molecule is CCCSc1nc2n(n1)C(c1cc(Br)ccc1OCc1ccc(C(C)(C)C)cc1)C(C(=O)Nc1ccc(C)cc1C)=C(C)N2. The number of fused-ring (bicyclic) bond motifs is 1. The lowest BCUT2D eigenvalue weighted by molar-refractivity contribution is -0.113. The summed E-state index contributed by atoms with van der Waals surface area (Å²) in [5.74, 6) is 1.96. The molecular weight excluding hydrogens is 634 g/mol. The van der Waals surface area contributed by atoms with E-state index in [4.69, 9.17) is 14.8 Å². The lowest BCUT2D eigenvalue weighted by atomic mass is 9.87. The van der Waals surface area contributed by atoms with Gasteiger partial charge in [-0.1, -0.05) is 97.3 Å². The maximum Gasteiger partial charge on any atom is 0.255 e. The second-order valence-corrected chi connectivity index (χ2v) is 14.2. The Morgan fingerprint density at radius 3 is 2.50 bits per heavy atom. The molecule has 0 saturated heterocycles. The number of allylic oxidation sites excluding steroid dienone is 1. The molecular formula is C35H40BrN5O2S. The Kier molecular flexibility index (Phi) is 9.56. The first-order valence-corrected chi connectivity index (χ1v) is 16.7. The number of benzene rings is 3. The number of carbonyl (C=O) groups is 1. The van der Waals surface area contributed by atoms with Crippen molar-refractivity contribution < 1.29 is 9.53 Å². The normalized spacial score (nSPS) is 14.7. The summed E-state index contributed by atoms with van der Waals surface area (Å²) in [5.41, 5.74) is 7.41. The topological polar surface area (TPSA) is 81.1 Å². The van der Waals surface area contributed by atoms with Crippen LogP contribution < -0.4 is 15.4 Å². The van der Waals surface area contributed by atoms with Gasteiger partial charge in [-0.05, 0) is 73.6 Å². The van der Waals surface area contributed by atoms with Crippen LogP contribution in [0, 0.1) is 13.8 Å². The average molecular weight is 675 g/mol. The summed E-state index contributed by atoms with van der Waals surface area (Å²) in [6.45, 7) is 15.1. The Morgan fingerprint density at radius 1 is 1.07 bits per heavy atom. The van der Waals surface area contributed by atoms with Crippen LogP contribution in [0.3, 0.4) is 0 Å². The van der Waals surface area contributed by atoms with E-state index in [0.29, 0.717) is 34.7 Å². The van der Waals surface area contributed by atoms with Crippen molar-refractivity contribution in [2.75, 3.05) is 16.4 Å². The fourth-order valence-electron chi connectivity index (χ4n) is 5.24. The molecule has 0 spiro atoms. The highest BCUT2D eigenvalue weighted by Crippen LogP contribution is 2.41. The third-order valence-corrected chi connectivity index (χ3v) is 9.16. The number of hydrogen-bond donors (Lipinski definition) is 2. The lowest BCUT2D eigenvalue weighted by Crippen LogP contribution is -2.32. The van der Waals surface area contributed by atoms with Crippen molar-refractivity contribution in [1.29, 1.82) is 0 Å². The molecule has 0 fully saturated rings. The first-order chi connectivity index (χ1) is 20.9. The van der Waals surface area contributed by atoms with Crippen LogP contribution in [0.25, 0.3) is 0 Å². The van der Waals surface area contributed by atoms with Crippen molar-refractivity contribution in [3.8, 4) is 5.75 Å². The van der Waals surface area contributed by atoms with Gasteiger partial charge in [-0.25, -0.2) is 4.68 Å². The minimum atomic E-state index is -0.573. The van der Waals surface area contributed by atoms with Crippen LogP contribution in [0.5, 0.6) is 5.75 Å². The Labute approximate surface area is 273 Å². The highest BCUT2D eigenvalue weighted by molar-refractivity contribution is 9.10. The maximum atomic E-state index is 14.1. The number of nitrogens with one attached hydrogen (secondary N) is 2. The summed E-state index contributed by atoms with van der Waals surface area (Å²) in [6, 6.07) is 19.9. The summed E-state index contributed by atoms with van der Waals surface area (Å²) in [4.78, 5) is 18.9. The molecule has 44 heavy (non-hydrogen) atoms. The number of halogens is 1. The number of ether oxygens (including phenoxy) is 1. The van der Waals surface area contributed by atoms with Crippen LogP contribution in [0.15, 0.2) is 81.6 Å². The molecule has 1 aliphatic rings. The number of nitrogens with zero attached hydrogens (tertiary/aromatic N) is 3. The predicted octanol–water partition coefficient (Wildman–Crippen LogP) is 8.96. The minimum Gasteiger partial charge on any atom is -0.489 e. The van der Waals surface area contributed by atoms with Crippen LogP contribution in [0.2, 0.25) is 0 Å². The predicted molar refractivity (Wildman–Crippen MR) is 184 cm³/mol. The minimum absolute atomic E-state index is 0.0787. The largest absolute Gasteiger partial charge is 0.489 e. The van der Waals surface area contributed by atoms with Gasteiger partial charge < -0.3 is 15.4 Å². The van der Waals surface area contributed by atoms with Gasteiger partial charge in [0.2, 0.25) is 11.1 Å². The fraction of sp³-hybridized carbons (Fsp3) is 0.343. The van der Waals surface area contributed by atoms with Crippen LogP contribution in [-0.2, 0) is 16.8 Å². The van der Waals surface area contributed by atoms with E-state index in [9.17, 15) is 4.79 Å². The number of carbonyl (C=O) groups excluding carboxylic acids is 1. The van der Waals surface area contributed by atoms with E-state index in [2.05, 4.69) is 84.6 Å². The molecule has 1 aliphatic heterocycles. The summed E-state index contributed by atoms with van der Waals surface area (Å²) in [7, 11) is 0. The maximum absolute atomic E-state index is 14.1. The van der Waals surface area contributed by atoms with Gasteiger partial charge >= 0.3 is 0 Å². The standard InChI is InChI=1S/C35H40BrN5O2S/c1-8-17-44-34-39-33-37-23(4)30(32(42)38-28-15-9-21(2)18-22(28)3)31(41(33)40-34)27-19-26(36)14-16-29(27)43-20-24-10-12-25(13-11-24)35(5,6)7/h9-16,18-19,31H,8,17,20H2,1-7H3,(H,38,42)(H,37,39,40). The summed E-state index contributed by atoms with van der Waals surface area (Å²) in [6.07, 6.45) is 1.01. The van der Waals surface area contributed by atoms with Gasteiger partial charge in [-0.2, -0.15) is 4.98 Å². The number of thioether (sulfide) groups is 1. The Balaban J connectivity index is 1.55. The van der Waals surface area contributed by atoms with E-state index in [-0.39, 0.29) is 11.3 Å². The highest BCUT2D eigenvalue weighted by atomic mass is 79.9. The van der Waals surface area contributed by atoms with Crippen LogP contribution in [-0.4, -0.2) is 26.4 Å². The van der Waals surface area contributed by atoms with Gasteiger partial charge in [0.15, 0.2) is 0 Å². The van der Waals surface area contributed by atoms with Gasteiger partial charge in [0.25, 0.3) is 5.91 Å². The number of aromatic nitrogens is 3. The molecule has 1 aromatic heterocycles. The van der Waals surface area contributed by atoms with Crippen molar-refractivity contribution in [3.63, 3.8) is 0 Å². The molecule has 0 aliphatic carbocycles. The first kappa shape index (κ1) is 31.9. The molecule has 0 bridgehead atoms. The second kappa shape index (κ2) is 13.2. The summed E-state index contributed by atoms with van der Waals surface area (Å²) < 4.78 is 9.19. The van der Waals surface area contributed by atoms with Gasteiger partial charge in [0.05, 0.1) is 5.57 Å². The molecule has 2 N–H and O–H groups in total. The average Bonchev–Trinajstić information content (AvgIpc) is 3.38. The van der Waals surface area contributed by atoms with E-state index in [1.165, 1.54) is 5.56 Å². The third-order valence-electron chi connectivity index (χ3n) is 7.62. The van der Waals surface area contributed by atoms with Gasteiger partial charge in [0, 0.05) is 27.2 Å². The first-order valence-electron chi connectivity index (χ1n) is 14.9. The number of anilines is 2. The molecule has 0 saturated carbocycles. The van der Waals surface area contributed by atoms with Gasteiger partial charge in [0.1, 0.15) is 18.4 Å². The molecule has 2 heterocycles. The molecule has 1 amide bonds. The van der Waals surface area contributed by atoms with Crippen molar-refractivity contribution in [1.82, 2.24) is 14.8 Å². The van der Waals surface area contributed by atoms with Crippen LogP contribution >= 0.6 is 27.7 Å². The monoisotopic (exact) mass is 673 g/mol. The highest BCUT2D eigenvalue weighted by Gasteiger charge is 2.36. The number of rotatable bonds is 9. The lowest BCUT2D eigenvalue weighted by Gasteiger charge is -2.30. The van der Waals surface area contributed by atoms with Crippen molar-refractivity contribution >= 4 is 45.2 Å². The molecule has 9 heteroatoms. The molecule has 5 rings (SSSR count).